The minimum atomic E-state index is -0.269. The number of benzene rings is 1. The standard InChI is InChI=1S/C12H11NO3/c14-7-9-3-1-2-8(4-9)5-10-11(15)6-12(16)13-10/h1-5,14H,6-7H2,(H,13,16)/b10-5-. The van der Waals surface area contributed by atoms with Gasteiger partial charge in [-0.15, -0.1) is 0 Å². The second kappa shape index (κ2) is 4.28. The van der Waals surface area contributed by atoms with Gasteiger partial charge in [0.25, 0.3) is 0 Å². The zero-order valence-corrected chi connectivity index (χ0v) is 8.56. The SMILES string of the molecule is O=C1CC(=O)/C(=C/c2cccc(CO)c2)N1. The largest absolute Gasteiger partial charge is 0.392 e. The van der Waals surface area contributed by atoms with Crippen molar-refractivity contribution in [1.82, 2.24) is 5.32 Å². The molecule has 1 amide bonds. The monoisotopic (exact) mass is 217 g/mol. The van der Waals surface area contributed by atoms with Crippen LogP contribution in [0.25, 0.3) is 6.08 Å². The van der Waals surface area contributed by atoms with Crippen LogP contribution in [-0.2, 0) is 16.2 Å². The second-order valence-electron chi connectivity index (χ2n) is 3.61. The van der Waals surface area contributed by atoms with E-state index in [1.807, 2.05) is 6.07 Å². The number of nitrogens with one attached hydrogen (secondary N) is 1. The Morgan fingerprint density at radius 3 is 2.81 bits per heavy atom. The molecule has 0 unspecified atom stereocenters. The van der Waals surface area contributed by atoms with E-state index >= 15 is 0 Å². The summed E-state index contributed by atoms with van der Waals surface area (Å²) in [6.45, 7) is -0.0443. The van der Waals surface area contributed by atoms with Gasteiger partial charge < -0.3 is 10.4 Å². The van der Waals surface area contributed by atoms with Crippen molar-refractivity contribution in [3.05, 3.63) is 41.1 Å². The highest BCUT2D eigenvalue weighted by Gasteiger charge is 2.23. The molecule has 1 aliphatic rings. The Balaban J connectivity index is 2.28. The lowest BCUT2D eigenvalue weighted by atomic mass is 10.1. The quantitative estimate of drug-likeness (QED) is 0.563. The zero-order chi connectivity index (χ0) is 11.5. The fourth-order valence-electron chi connectivity index (χ4n) is 1.57. The molecular formula is C12H11NO3. The van der Waals surface area contributed by atoms with E-state index in [1.165, 1.54) is 0 Å². The van der Waals surface area contributed by atoms with Crippen LogP contribution in [0.5, 0.6) is 0 Å². The smallest absolute Gasteiger partial charge is 0.232 e. The van der Waals surface area contributed by atoms with Crippen LogP contribution in [0.4, 0.5) is 0 Å². The molecule has 0 aromatic heterocycles. The molecule has 1 aromatic carbocycles. The molecule has 0 saturated carbocycles. The summed E-state index contributed by atoms with van der Waals surface area (Å²) in [5.41, 5.74) is 1.88. The van der Waals surface area contributed by atoms with Gasteiger partial charge in [-0.05, 0) is 23.3 Å². The maximum absolute atomic E-state index is 11.3. The summed E-state index contributed by atoms with van der Waals surface area (Å²) in [4.78, 5) is 22.3. The molecule has 1 aliphatic heterocycles. The fraction of sp³-hybridized carbons (Fsp3) is 0.167. The molecule has 0 aliphatic carbocycles. The van der Waals surface area contributed by atoms with Crippen molar-refractivity contribution >= 4 is 17.8 Å². The van der Waals surface area contributed by atoms with Crippen LogP contribution < -0.4 is 5.32 Å². The Kier molecular flexibility index (Phi) is 2.83. The summed E-state index contributed by atoms with van der Waals surface area (Å²) < 4.78 is 0. The van der Waals surface area contributed by atoms with E-state index in [0.29, 0.717) is 5.70 Å². The van der Waals surface area contributed by atoms with E-state index < -0.39 is 0 Å². The van der Waals surface area contributed by atoms with E-state index in [1.54, 1.807) is 24.3 Å². The lowest BCUT2D eigenvalue weighted by Gasteiger charge is -1.99. The summed E-state index contributed by atoms with van der Waals surface area (Å²) in [5.74, 6) is -0.464. The number of aliphatic hydroxyl groups excluding tert-OH is 1. The van der Waals surface area contributed by atoms with Gasteiger partial charge in [0.05, 0.1) is 18.7 Å². The van der Waals surface area contributed by atoms with Gasteiger partial charge in [-0.3, -0.25) is 9.59 Å². The molecule has 4 heteroatoms. The Labute approximate surface area is 92.6 Å². The Morgan fingerprint density at radius 1 is 1.38 bits per heavy atom. The van der Waals surface area contributed by atoms with Crippen molar-refractivity contribution in [1.29, 1.82) is 0 Å². The third kappa shape index (κ3) is 2.17. The van der Waals surface area contributed by atoms with Crippen LogP contribution in [0, 0.1) is 0 Å². The first-order valence-electron chi connectivity index (χ1n) is 4.93. The highest BCUT2D eigenvalue weighted by atomic mass is 16.3. The van der Waals surface area contributed by atoms with Crippen LogP contribution >= 0.6 is 0 Å². The van der Waals surface area contributed by atoms with E-state index in [2.05, 4.69) is 5.32 Å². The molecule has 1 fully saturated rings. The summed E-state index contributed by atoms with van der Waals surface area (Å²) >= 11 is 0. The maximum Gasteiger partial charge on any atom is 0.232 e. The van der Waals surface area contributed by atoms with Gasteiger partial charge in [0.2, 0.25) is 5.91 Å². The highest BCUT2D eigenvalue weighted by Crippen LogP contribution is 2.13. The van der Waals surface area contributed by atoms with Crippen molar-refractivity contribution in [2.75, 3.05) is 0 Å². The molecule has 1 aromatic rings. The molecule has 2 rings (SSSR count). The number of aliphatic hydroxyl groups is 1. The molecule has 0 bridgehead atoms. The summed E-state index contributed by atoms with van der Waals surface area (Å²) in [5, 5.41) is 11.5. The van der Waals surface area contributed by atoms with Crippen molar-refractivity contribution in [2.45, 2.75) is 13.0 Å². The third-order valence-corrected chi connectivity index (χ3v) is 2.34. The van der Waals surface area contributed by atoms with E-state index in [4.69, 9.17) is 5.11 Å². The number of amides is 1. The van der Waals surface area contributed by atoms with Gasteiger partial charge in [-0.1, -0.05) is 18.2 Å². The average Bonchev–Trinajstić information content (AvgIpc) is 2.58. The number of rotatable bonds is 2. The molecule has 1 heterocycles. The molecule has 82 valence electrons. The summed E-state index contributed by atoms with van der Waals surface area (Å²) in [6, 6.07) is 7.16. The molecule has 16 heavy (non-hydrogen) atoms. The van der Waals surface area contributed by atoms with Crippen molar-refractivity contribution in [3.8, 4) is 0 Å². The van der Waals surface area contributed by atoms with Crippen molar-refractivity contribution < 1.29 is 14.7 Å². The Hall–Kier alpha value is -1.94. The van der Waals surface area contributed by atoms with E-state index in [0.717, 1.165) is 11.1 Å². The van der Waals surface area contributed by atoms with Gasteiger partial charge >= 0.3 is 0 Å². The van der Waals surface area contributed by atoms with Gasteiger partial charge in [-0.25, -0.2) is 0 Å². The number of carbonyl (C=O) groups is 2. The fourth-order valence-corrected chi connectivity index (χ4v) is 1.57. The minimum absolute atomic E-state index is 0.0443. The predicted molar refractivity (Wildman–Crippen MR) is 58.1 cm³/mol. The van der Waals surface area contributed by atoms with Gasteiger partial charge in [0.1, 0.15) is 0 Å². The van der Waals surface area contributed by atoms with Crippen LogP contribution in [0.15, 0.2) is 30.0 Å². The lowest BCUT2D eigenvalue weighted by Crippen LogP contribution is -2.12. The molecule has 2 N–H and O–H groups in total. The molecule has 0 spiro atoms. The Bertz CT molecular complexity index is 477. The number of hydrogen-bond acceptors (Lipinski definition) is 3. The molecule has 0 radical (unpaired) electrons. The summed E-state index contributed by atoms with van der Waals surface area (Å²) in [7, 11) is 0. The average molecular weight is 217 g/mol. The van der Waals surface area contributed by atoms with Gasteiger partial charge in [-0.2, -0.15) is 0 Å². The third-order valence-electron chi connectivity index (χ3n) is 2.34. The second-order valence-corrected chi connectivity index (χ2v) is 3.61. The topological polar surface area (TPSA) is 66.4 Å². The Morgan fingerprint density at radius 2 is 2.19 bits per heavy atom. The first-order chi connectivity index (χ1) is 7.69. The number of hydrogen-bond donors (Lipinski definition) is 2. The van der Waals surface area contributed by atoms with E-state index in [9.17, 15) is 9.59 Å². The normalized spacial score (nSPS) is 17.9. The first kappa shape index (κ1) is 10.6. The van der Waals surface area contributed by atoms with Crippen molar-refractivity contribution in [2.24, 2.45) is 0 Å². The van der Waals surface area contributed by atoms with E-state index in [-0.39, 0.29) is 24.7 Å². The number of allylic oxidation sites excluding steroid dienone is 1. The maximum atomic E-state index is 11.3. The minimum Gasteiger partial charge on any atom is -0.392 e. The van der Waals surface area contributed by atoms with Crippen LogP contribution in [0.1, 0.15) is 17.5 Å². The van der Waals surface area contributed by atoms with Gasteiger partial charge in [0, 0.05) is 0 Å². The highest BCUT2D eigenvalue weighted by molar-refractivity contribution is 6.16. The predicted octanol–water partition coefficient (Wildman–Crippen LogP) is 0.609. The molecule has 4 nitrogen and oxygen atoms in total. The summed E-state index contributed by atoms with van der Waals surface area (Å²) in [6.07, 6.45) is 1.54. The molecule has 1 saturated heterocycles. The number of carbonyl (C=O) groups excluding carboxylic acids is 2. The first-order valence-corrected chi connectivity index (χ1v) is 4.93. The number of ketones is 1. The van der Waals surface area contributed by atoms with Gasteiger partial charge in [0.15, 0.2) is 5.78 Å². The van der Waals surface area contributed by atoms with Crippen LogP contribution in [0.2, 0.25) is 0 Å². The van der Waals surface area contributed by atoms with Crippen LogP contribution in [0.3, 0.4) is 0 Å². The lowest BCUT2D eigenvalue weighted by molar-refractivity contribution is -0.121. The van der Waals surface area contributed by atoms with Crippen LogP contribution in [-0.4, -0.2) is 16.8 Å². The zero-order valence-electron chi connectivity index (χ0n) is 8.56. The molecule has 0 atom stereocenters. The number of Topliss-reactive ketones (excluding diaryl/α,β-unsaturated/α-hetero) is 1. The van der Waals surface area contributed by atoms with Crippen molar-refractivity contribution in [3.63, 3.8) is 0 Å². The molecular weight excluding hydrogens is 206 g/mol.